The molecule has 1 saturated carbocycles. The summed E-state index contributed by atoms with van der Waals surface area (Å²) in [6, 6.07) is 0.500. The smallest absolute Gasteiger partial charge is 0.307 e. The molecule has 4 heteroatoms. The fraction of sp³-hybridized carbons (Fsp3) is 0.889. The molecule has 2 N–H and O–H groups in total. The number of methoxy groups -OCH3 is 1. The van der Waals surface area contributed by atoms with E-state index in [1.54, 1.807) is 0 Å². The molecule has 1 unspecified atom stereocenters. The van der Waals surface area contributed by atoms with E-state index < -0.39 is 0 Å². The van der Waals surface area contributed by atoms with Crippen LogP contribution < -0.4 is 5.32 Å². The molecule has 1 rings (SSSR count). The van der Waals surface area contributed by atoms with Gasteiger partial charge in [0, 0.05) is 12.1 Å². The Hall–Kier alpha value is -0.610. The Morgan fingerprint density at radius 3 is 2.77 bits per heavy atom. The van der Waals surface area contributed by atoms with E-state index in [1.165, 1.54) is 7.11 Å². The highest BCUT2D eigenvalue weighted by molar-refractivity contribution is 5.69. The number of hydrogen-bond acceptors (Lipinski definition) is 4. The van der Waals surface area contributed by atoms with E-state index in [9.17, 15) is 4.79 Å². The molecule has 0 spiro atoms. The minimum absolute atomic E-state index is 0.130. The standard InChI is InChI=1S/C9H17NO3/c1-6(3-9(12)13-2)10-7-4-8(11)5-7/h6-8,10-11H,3-5H2,1-2H3. The van der Waals surface area contributed by atoms with Crippen molar-refractivity contribution in [3.8, 4) is 0 Å². The average Bonchev–Trinajstić information content (AvgIpc) is 2.01. The van der Waals surface area contributed by atoms with Crippen molar-refractivity contribution in [1.82, 2.24) is 5.32 Å². The first-order valence-electron chi connectivity index (χ1n) is 4.62. The van der Waals surface area contributed by atoms with Crippen LogP contribution in [0, 0.1) is 0 Å². The Labute approximate surface area is 78.3 Å². The summed E-state index contributed by atoms with van der Waals surface area (Å²) in [6.07, 6.45) is 1.84. The van der Waals surface area contributed by atoms with Gasteiger partial charge in [-0.1, -0.05) is 0 Å². The second-order valence-corrected chi connectivity index (χ2v) is 3.67. The first kappa shape index (κ1) is 10.5. The van der Waals surface area contributed by atoms with Gasteiger partial charge in [-0.15, -0.1) is 0 Å². The van der Waals surface area contributed by atoms with Gasteiger partial charge in [-0.2, -0.15) is 0 Å². The maximum atomic E-state index is 10.9. The minimum atomic E-state index is -0.195. The van der Waals surface area contributed by atoms with Gasteiger partial charge in [0.2, 0.25) is 0 Å². The van der Waals surface area contributed by atoms with Crippen molar-refractivity contribution in [2.24, 2.45) is 0 Å². The van der Waals surface area contributed by atoms with Gasteiger partial charge in [0.1, 0.15) is 0 Å². The lowest BCUT2D eigenvalue weighted by Gasteiger charge is -2.34. The number of esters is 1. The lowest BCUT2D eigenvalue weighted by molar-refractivity contribution is -0.141. The highest BCUT2D eigenvalue weighted by Crippen LogP contribution is 2.20. The lowest BCUT2D eigenvalue weighted by Crippen LogP contribution is -2.48. The molecule has 0 amide bonds. The zero-order chi connectivity index (χ0) is 9.84. The summed E-state index contributed by atoms with van der Waals surface area (Å²) in [7, 11) is 1.39. The van der Waals surface area contributed by atoms with Crippen LogP contribution in [-0.4, -0.2) is 36.4 Å². The number of rotatable bonds is 4. The number of ether oxygens (including phenoxy) is 1. The first-order valence-corrected chi connectivity index (χ1v) is 4.62. The van der Waals surface area contributed by atoms with Crippen LogP contribution in [0.1, 0.15) is 26.2 Å². The van der Waals surface area contributed by atoms with Crippen LogP contribution in [0.3, 0.4) is 0 Å². The maximum Gasteiger partial charge on any atom is 0.307 e. The Balaban J connectivity index is 2.11. The topological polar surface area (TPSA) is 58.6 Å². The molecule has 0 aromatic rings. The Morgan fingerprint density at radius 2 is 2.31 bits per heavy atom. The molecular formula is C9H17NO3. The van der Waals surface area contributed by atoms with E-state index in [-0.39, 0.29) is 18.1 Å². The van der Waals surface area contributed by atoms with Gasteiger partial charge in [0.15, 0.2) is 0 Å². The second kappa shape index (κ2) is 4.58. The molecule has 0 aliphatic heterocycles. The van der Waals surface area contributed by atoms with Crippen LogP contribution in [-0.2, 0) is 9.53 Å². The van der Waals surface area contributed by atoms with Gasteiger partial charge in [-0.3, -0.25) is 4.79 Å². The fourth-order valence-electron chi connectivity index (χ4n) is 1.52. The summed E-state index contributed by atoms with van der Waals surface area (Å²) in [6.45, 7) is 1.95. The van der Waals surface area contributed by atoms with E-state index in [2.05, 4.69) is 10.1 Å². The van der Waals surface area contributed by atoms with Crippen LogP contribution >= 0.6 is 0 Å². The zero-order valence-corrected chi connectivity index (χ0v) is 8.12. The predicted molar refractivity (Wildman–Crippen MR) is 48.3 cm³/mol. The number of carbonyl (C=O) groups is 1. The van der Waals surface area contributed by atoms with Crippen LogP contribution in [0.2, 0.25) is 0 Å². The van der Waals surface area contributed by atoms with E-state index in [4.69, 9.17) is 5.11 Å². The molecule has 1 aliphatic carbocycles. The molecule has 1 atom stereocenters. The van der Waals surface area contributed by atoms with Crippen LogP contribution in [0.25, 0.3) is 0 Å². The molecule has 1 fully saturated rings. The van der Waals surface area contributed by atoms with E-state index in [0.29, 0.717) is 12.5 Å². The molecular weight excluding hydrogens is 170 g/mol. The maximum absolute atomic E-state index is 10.9. The highest BCUT2D eigenvalue weighted by Gasteiger charge is 2.28. The third kappa shape index (κ3) is 3.32. The van der Waals surface area contributed by atoms with Crippen molar-refractivity contribution < 1.29 is 14.6 Å². The summed E-state index contributed by atoms with van der Waals surface area (Å²) in [5, 5.41) is 12.3. The molecule has 0 radical (unpaired) electrons. The quantitative estimate of drug-likeness (QED) is 0.611. The summed E-state index contributed by atoms with van der Waals surface area (Å²) < 4.78 is 4.55. The Bertz CT molecular complexity index is 178. The zero-order valence-electron chi connectivity index (χ0n) is 8.12. The van der Waals surface area contributed by atoms with E-state index >= 15 is 0 Å². The summed E-state index contributed by atoms with van der Waals surface area (Å²) in [5.41, 5.74) is 0. The summed E-state index contributed by atoms with van der Waals surface area (Å²) in [5.74, 6) is -0.195. The van der Waals surface area contributed by atoms with E-state index in [0.717, 1.165) is 12.8 Å². The third-order valence-corrected chi connectivity index (χ3v) is 2.33. The van der Waals surface area contributed by atoms with Gasteiger partial charge in [0.05, 0.1) is 19.6 Å². The van der Waals surface area contributed by atoms with Gasteiger partial charge >= 0.3 is 5.97 Å². The van der Waals surface area contributed by atoms with Crippen LogP contribution in [0.4, 0.5) is 0 Å². The third-order valence-electron chi connectivity index (χ3n) is 2.33. The minimum Gasteiger partial charge on any atom is -0.469 e. The lowest BCUT2D eigenvalue weighted by atomic mass is 9.89. The van der Waals surface area contributed by atoms with Crippen molar-refractivity contribution in [2.75, 3.05) is 7.11 Å². The van der Waals surface area contributed by atoms with Crippen molar-refractivity contribution in [1.29, 1.82) is 0 Å². The van der Waals surface area contributed by atoms with Gasteiger partial charge in [-0.25, -0.2) is 0 Å². The van der Waals surface area contributed by atoms with Gasteiger partial charge in [-0.05, 0) is 19.8 Å². The van der Waals surface area contributed by atoms with Crippen molar-refractivity contribution in [3.63, 3.8) is 0 Å². The Morgan fingerprint density at radius 1 is 1.69 bits per heavy atom. The largest absolute Gasteiger partial charge is 0.469 e. The van der Waals surface area contributed by atoms with Gasteiger partial charge < -0.3 is 15.2 Å². The Kier molecular flexibility index (Phi) is 3.69. The normalized spacial score (nSPS) is 29.2. The molecule has 0 aromatic heterocycles. The molecule has 1 aliphatic rings. The molecule has 4 nitrogen and oxygen atoms in total. The molecule has 0 bridgehead atoms. The van der Waals surface area contributed by atoms with Crippen molar-refractivity contribution >= 4 is 5.97 Å². The van der Waals surface area contributed by atoms with E-state index in [1.807, 2.05) is 6.92 Å². The summed E-state index contributed by atoms with van der Waals surface area (Å²) in [4.78, 5) is 10.9. The number of aliphatic hydroxyl groups is 1. The van der Waals surface area contributed by atoms with Gasteiger partial charge in [0.25, 0.3) is 0 Å². The van der Waals surface area contributed by atoms with Crippen molar-refractivity contribution in [2.45, 2.75) is 44.4 Å². The number of nitrogens with one attached hydrogen (secondary N) is 1. The fourth-order valence-corrected chi connectivity index (χ4v) is 1.52. The number of aliphatic hydroxyl groups excluding tert-OH is 1. The molecule has 0 heterocycles. The molecule has 76 valence electrons. The molecule has 0 saturated heterocycles. The van der Waals surface area contributed by atoms with Crippen LogP contribution in [0.5, 0.6) is 0 Å². The average molecular weight is 187 g/mol. The second-order valence-electron chi connectivity index (χ2n) is 3.67. The first-order chi connectivity index (χ1) is 6.11. The summed E-state index contributed by atoms with van der Waals surface area (Å²) >= 11 is 0. The van der Waals surface area contributed by atoms with Crippen molar-refractivity contribution in [3.05, 3.63) is 0 Å². The highest BCUT2D eigenvalue weighted by atomic mass is 16.5. The number of hydrogen-bond donors (Lipinski definition) is 2. The number of carbonyl (C=O) groups excluding carboxylic acids is 1. The van der Waals surface area contributed by atoms with Crippen LogP contribution in [0.15, 0.2) is 0 Å². The SMILES string of the molecule is COC(=O)CC(C)NC1CC(O)C1. The monoisotopic (exact) mass is 187 g/mol. The molecule has 0 aromatic carbocycles. The molecule has 13 heavy (non-hydrogen) atoms. The predicted octanol–water partition coefficient (Wildman–Crippen LogP) is 0.0509.